The highest BCUT2D eigenvalue weighted by molar-refractivity contribution is 5.64. The van der Waals surface area contributed by atoms with Crippen molar-refractivity contribution in [3.8, 4) is 11.1 Å². The molecule has 2 aromatic rings. The Morgan fingerprint density at radius 3 is 2.75 bits per heavy atom. The number of benzene rings is 2. The summed E-state index contributed by atoms with van der Waals surface area (Å²) < 4.78 is 13.1. The molecule has 1 aliphatic carbocycles. The van der Waals surface area contributed by atoms with Crippen molar-refractivity contribution in [2.75, 3.05) is 0 Å². The fourth-order valence-corrected chi connectivity index (χ4v) is 2.34. The van der Waals surface area contributed by atoms with Gasteiger partial charge in [0.1, 0.15) is 5.82 Å². The maximum Gasteiger partial charge on any atom is 0.123 e. The number of aryl methyl sites for hydroxylation is 2. The molecule has 3 rings (SSSR count). The van der Waals surface area contributed by atoms with E-state index in [2.05, 4.69) is 24.3 Å². The maximum atomic E-state index is 13.1. The Morgan fingerprint density at radius 2 is 1.88 bits per heavy atom. The molecule has 0 spiro atoms. The van der Waals surface area contributed by atoms with Gasteiger partial charge in [-0.1, -0.05) is 24.3 Å². The van der Waals surface area contributed by atoms with Gasteiger partial charge in [-0.25, -0.2) is 4.39 Å². The summed E-state index contributed by atoms with van der Waals surface area (Å²) in [6, 6.07) is 14.1. The molecule has 0 atom stereocenters. The lowest BCUT2D eigenvalue weighted by atomic mass is 10.0. The normalized spacial score (nSPS) is 13.8. The summed E-state index contributed by atoms with van der Waals surface area (Å²) in [4.78, 5) is 0. The monoisotopic (exact) mass is 211 g/mol. The molecular weight excluding hydrogens is 199 g/mol. The third kappa shape index (κ3) is 1.63. The smallest absolute Gasteiger partial charge is 0.123 e. The van der Waals surface area contributed by atoms with E-state index in [9.17, 15) is 4.39 Å². The lowest BCUT2D eigenvalue weighted by Crippen LogP contribution is -1.85. The molecule has 0 bridgehead atoms. The fraction of sp³-hybridized carbons (Fsp3) is 0.200. The van der Waals surface area contributed by atoms with Gasteiger partial charge >= 0.3 is 0 Å². The van der Waals surface area contributed by atoms with Gasteiger partial charge in [-0.3, -0.25) is 0 Å². The van der Waals surface area contributed by atoms with Gasteiger partial charge in [0.25, 0.3) is 0 Å². The van der Waals surface area contributed by atoms with Crippen LogP contribution in [0, 0.1) is 11.9 Å². The van der Waals surface area contributed by atoms with E-state index in [-0.39, 0.29) is 5.82 Å². The van der Waals surface area contributed by atoms with Crippen LogP contribution in [0.15, 0.2) is 36.4 Å². The number of hydrogen-bond donors (Lipinski definition) is 0. The van der Waals surface area contributed by atoms with Crippen LogP contribution in [-0.4, -0.2) is 0 Å². The molecular formula is C15H12F. The van der Waals surface area contributed by atoms with Crippen LogP contribution in [0.25, 0.3) is 11.1 Å². The first-order valence-corrected chi connectivity index (χ1v) is 5.62. The highest BCUT2D eigenvalue weighted by atomic mass is 19.1. The number of rotatable bonds is 1. The van der Waals surface area contributed by atoms with Crippen LogP contribution in [0.1, 0.15) is 17.5 Å². The van der Waals surface area contributed by atoms with Crippen molar-refractivity contribution in [2.24, 2.45) is 0 Å². The van der Waals surface area contributed by atoms with Crippen LogP contribution in [-0.2, 0) is 12.8 Å². The van der Waals surface area contributed by atoms with E-state index in [1.54, 1.807) is 6.07 Å². The van der Waals surface area contributed by atoms with Gasteiger partial charge in [0.05, 0.1) is 0 Å². The summed E-state index contributed by atoms with van der Waals surface area (Å²) in [5.74, 6) is -0.200. The Kier molecular flexibility index (Phi) is 2.24. The fourth-order valence-electron chi connectivity index (χ4n) is 2.34. The average Bonchev–Trinajstić information content (AvgIpc) is 2.75. The zero-order chi connectivity index (χ0) is 11.0. The number of fused-ring (bicyclic) bond motifs is 1. The van der Waals surface area contributed by atoms with Gasteiger partial charge in [-0.2, -0.15) is 0 Å². The van der Waals surface area contributed by atoms with Crippen molar-refractivity contribution >= 4 is 0 Å². The second-order valence-corrected chi connectivity index (χ2v) is 4.26. The van der Waals surface area contributed by atoms with Crippen LogP contribution < -0.4 is 0 Å². The highest BCUT2D eigenvalue weighted by Crippen LogP contribution is 2.27. The Hall–Kier alpha value is -1.63. The number of hydrogen-bond acceptors (Lipinski definition) is 0. The predicted octanol–water partition coefficient (Wildman–Crippen LogP) is 3.78. The van der Waals surface area contributed by atoms with Crippen molar-refractivity contribution < 1.29 is 4.39 Å². The van der Waals surface area contributed by atoms with Crippen molar-refractivity contribution in [2.45, 2.75) is 19.3 Å². The molecule has 2 aromatic carbocycles. The minimum Gasteiger partial charge on any atom is -0.207 e. The minimum absolute atomic E-state index is 0.200. The third-order valence-corrected chi connectivity index (χ3v) is 3.17. The van der Waals surface area contributed by atoms with E-state index < -0.39 is 0 Å². The standard InChI is InChI=1S/C15H12F/c16-15-6-2-5-13(10-15)14-8-7-11-3-1-4-12(11)9-14/h2,6-10H,1,3-4H2. The molecule has 0 unspecified atom stereocenters. The van der Waals surface area contributed by atoms with Crippen molar-refractivity contribution in [1.82, 2.24) is 0 Å². The average molecular weight is 211 g/mol. The van der Waals surface area contributed by atoms with E-state index in [1.807, 2.05) is 0 Å². The molecule has 0 amide bonds. The molecule has 0 saturated heterocycles. The van der Waals surface area contributed by atoms with Crippen LogP contribution >= 0.6 is 0 Å². The van der Waals surface area contributed by atoms with Crippen molar-refractivity contribution in [1.29, 1.82) is 0 Å². The van der Waals surface area contributed by atoms with E-state index >= 15 is 0 Å². The van der Waals surface area contributed by atoms with E-state index in [1.165, 1.54) is 36.1 Å². The molecule has 16 heavy (non-hydrogen) atoms. The van der Waals surface area contributed by atoms with Crippen molar-refractivity contribution in [3.05, 3.63) is 59.4 Å². The summed E-state index contributed by atoms with van der Waals surface area (Å²) >= 11 is 0. The zero-order valence-electron chi connectivity index (χ0n) is 8.96. The van der Waals surface area contributed by atoms with E-state index in [0.717, 1.165) is 17.5 Å². The molecule has 0 nitrogen and oxygen atoms in total. The first-order valence-electron chi connectivity index (χ1n) is 5.62. The van der Waals surface area contributed by atoms with Crippen LogP contribution in [0.2, 0.25) is 0 Å². The molecule has 0 heterocycles. The van der Waals surface area contributed by atoms with Crippen LogP contribution in [0.4, 0.5) is 4.39 Å². The SMILES string of the molecule is Fc1cc[c]c(-c2ccc3c(c2)CCC3)c1. The maximum absolute atomic E-state index is 13.1. The minimum atomic E-state index is -0.200. The van der Waals surface area contributed by atoms with Crippen LogP contribution in [0.3, 0.4) is 0 Å². The molecule has 0 aromatic heterocycles. The summed E-state index contributed by atoms with van der Waals surface area (Å²) in [6.07, 6.45) is 3.58. The van der Waals surface area contributed by atoms with Gasteiger partial charge in [0.2, 0.25) is 0 Å². The summed E-state index contributed by atoms with van der Waals surface area (Å²) in [6.45, 7) is 0. The van der Waals surface area contributed by atoms with Gasteiger partial charge in [-0.15, -0.1) is 0 Å². The highest BCUT2D eigenvalue weighted by Gasteiger charge is 2.11. The second-order valence-electron chi connectivity index (χ2n) is 4.26. The van der Waals surface area contributed by atoms with Gasteiger partial charge in [0.15, 0.2) is 0 Å². The quantitative estimate of drug-likeness (QED) is 0.673. The third-order valence-electron chi connectivity index (χ3n) is 3.17. The lowest BCUT2D eigenvalue weighted by Gasteiger charge is -2.04. The summed E-state index contributed by atoms with van der Waals surface area (Å²) in [5, 5.41) is 0. The molecule has 0 aliphatic heterocycles. The zero-order valence-corrected chi connectivity index (χ0v) is 8.96. The number of halogens is 1. The van der Waals surface area contributed by atoms with Crippen molar-refractivity contribution in [3.63, 3.8) is 0 Å². The Labute approximate surface area is 94.7 Å². The Balaban J connectivity index is 2.07. The lowest BCUT2D eigenvalue weighted by molar-refractivity contribution is 0.628. The summed E-state index contributed by atoms with van der Waals surface area (Å²) in [5.41, 5.74) is 4.77. The predicted molar refractivity (Wildman–Crippen MR) is 62.7 cm³/mol. The Morgan fingerprint density at radius 1 is 1.00 bits per heavy atom. The molecule has 1 aliphatic rings. The summed E-state index contributed by atoms with van der Waals surface area (Å²) in [7, 11) is 0. The van der Waals surface area contributed by atoms with Gasteiger partial charge < -0.3 is 0 Å². The molecule has 79 valence electrons. The van der Waals surface area contributed by atoms with Crippen LogP contribution in [0.5, 0.6) is 0 Å². The Bertz CT molecular complexity index is 529. The topological polar surface area (TPSA) is 0 Å². The molecule has 1 radical (unpaired) electrons. The molecule has 0 N–H and O–H groups in total. The molecule has 1 heteroatoms. The first kappa shape index (κ1) is 9.59. The van der Waals surface area contributed by atoms with Gasteiger partial charge in [0, 0.05) is 0 Å². The van der Waals surface area contributed by atoms with Gasteiger partial charge in [-0.05, 0) is 59.7 Å². The molecule has 0 fully saturated rings. The van der Waals surface area contributed by atoms with E-state index in [0.29, 0.717) is 0 Å². The largest absolute Gasteiger partial charge is 0.207 e. The second kappa shape index (κ2) is 3.75. The van der Waals surface area contributed by atoms with E-state index in [4.69, 9.17) is 0 Å². The first-order chi connectivity index (χ1) is 7.83. The molecule has 0 saturated carbocycles.